The number of hydrogen-bond donors (Lipinski definition) is 0. The molecule has 396 valence electrons. The minimum atomic E-state index is -0.0693. The van der Waals surface area contributed by atoms with Crippen molar-refractivity contribution in [1.82, 2.24) is 0 Å². The molecule has 0 saturated heterocycles. The Balaban J connectivity index is 1.13. The van der Waals surface area contributed by atoms with Crippen molar-refractivity contribution in [3.8, 4) is 22.3 Å². The molecule has 0 fully saturated rings. The van der Waals surface area contributed by atoms with Gasteiger partial charge in [-0.15, -0.1) is 0 Å². The molecule has 4 heteroatoms. The van der Waals surface area contributed by atoms with Crippen molar-refractivity contribution < 1.29 is 4.42 Å². The Morgan fingerprint density at radius 3 is 1.81 bits per heavy atom. The summed E-state index contributed by atoms with van der Waals surface area (Å²) in [6, 6.07) is 38.8. The van der Waals surface area contributed by atoms with Gasteiger partial charge < -0.3 is 14.2 Å². The molecule has 1 aromatic heterocycles. The van der Waals surface area contributed by atoms with Crippen molar-refractivity contribution in [3.63, 3.8) is 0 Å². The summed E-state index contributed by atoms with van der Waals surface area (Å²) in [6.45, 7) is 39.1. The van der Waals surface area contributed by atoms with Crippen LogP contribution in [0.1, 0.15) is 190 Å². The third kappa shape index (κ3) is 7.77. The fraction of sp³-hybridized carbons (Fsp3) is 0.452. The van der Waals surface area contributed by atoms with Crippen LogP contribution in [0.2, 0.25) is 0 Å². The SMILES string of the molecule is CC1=CC2=C3B(c4ccc(-c5ccc(C(C)(C)C)cc5)cc4N2c2cc4c(cc2-c2ccccc2)C(C)(C)CCC4(C)C)c2oc4cc5c(cc4c2N(C2C=CC4=C(C2)C(C)(C)CCC4(C)C)C3C1)C(C)(C)CCC5(C)C. The maximum absolute atomic E-state index is 7.81. The van der Waals surface area contributed by atoms with Gasteiger partial charge in [0, 0.05) is 28.4 Å². The zero-order chi connectivity index (χ0) is 54.3. The molecule has 0 saturated carbocycles. The van der Waals surface area contributed by atoms with Crippen LogP contribution in [0.15, 0.2) is 148 Å². The minimum Gasteiger partial charge on any atom is -0.468 e. The standard InChI is InChI=1S/C73H85BN2O/c1-44-36-61-64-62(37-44)76(59-42-56-54(70(9,10)32-34-72(56,13)14)40-50(59)46-20-18-17-19-21-46)60-38-47(45-22-25-48(26-23-45)67(2,3)4)24-29-58(60)74(64)66-65(51-41-55-57(43-63(51)77-66)73(15,16)35-33-71(55,11)12)75(61)49-27-28-52-53(39-49)69(7,8)31-30-68(52,5)6/h17-29,37-38,40-43,49,61H,30-36,39H2,1-16H3. The molecule has 0 bridgehead atoms. The number of hydrogen-bond acceptors (Lipinski definition) is 3. The molecule has 77 heavy (non-hydrogen) atoms. The lowest BCUT2D eigenvalue weighted by molar-refractivity contribution is 0.255. The van der Waals surface area contributed by atoms with E-state index in [1.165, 1.54) is 127 Å². The molecule has 13 rings (SSSR count). The summed E-state index contributed by atoms with van der Waals surface area (Å²) in [4.78, 5) is 5.68. The number of allylic oxidation sites excluding steroid dienone is 3. The second-order valence-electron chi connectivity index (χ2n) is 30.1. The van der Waals surface area contributed by atoms with Crippen LogP contribution in [0, 0.1) is 10.8 Å². The summed E-state index contributed by atoms with van der Waals surface area (Å²) < 4.78 is 7.81. The second-order valence-corrected chi connectivity index (χ2v) is 30.1. The van der Waals surface area contributed by atoms with Crippen LogP contribution in [0.25, 0.3) is 33.2 Å². The van der Waals surface area contributed by atoms with E-state index < -0.39 is 0 Å². The maximum atomic E-state index is 7.81. The highest BCUT2D eigenvalue weighted by molar-refractivity contribution is 6.93. The van der Waals surface area contributed by atoms with Crippen molar-refractivity contribution in [2.45, 2.75) is 201 Å². The zero-order valence-electron chi connectivity index (χ0n) is 49.7. The van der Waals surface area contributed by atoms with Gasteiger partial charge in [-0.2, -0.15) is 0 Å². The van der Waals surface area contributed by atoms with Crippen LogP contribution in [-0.4, -0.2) is 18.8 Å². The summed E-state index contributed by atoms with van der Waals surface area (Å²) in [7, 11) is 0. The smallest absolute Gasteiger partial charge is 0.292 e. The first-order valence-electron chi connectivity index (χ1n) is 29.7. The molecule has 0 spiro atoms. The van der Waals surface area contributed by atoms with Crippen molar-refractivity contribution in [2.24, 2.45) is 10.8 Å². The molecule has 7 aliphatic rings. The normalized spacial score (nSPS) is 23.9. The van der Waals surface area contributed by atoms with E-state index in [-0.39, 0.29) is 56.7 Å². The fourth-order valence-electron chi connectivity index (χ4n) is 15.8. The molecule has 2 unspecified atom stereocenters. The fourth-order valence-corrected chi connectivity index (χ4v) is 15.8. The highest BCUT2D eigenvalue weighted by Crippen LogP contribution is 2.58. The van der Waals surface area contributed by atoms with Gasteiger partial charge in [-0.1, -0.05) is 194 Å². The molecule has 0 radical (unpaired) electrons. The average Bonchev–Trinajstić information content (AvgIpc) is 4.02. The lowest BCUT2D eigenvalue weighted by Gasteiger charge is -2.53. The van der Waals surface area contributed by atoms with Gasteiger partial charge in [0.1, 0.15) is 5.58 Å². The third-order valence-electron chi connectivity index (χ3n) is 21.1. The Morgan fingerprint density at radius 2 is 1.16 bits per heavy atom. The lowest BCUT2D eigenvalue weighted by Crippen LogP contribution is -2.63. The van der Waals surface area contributed by atoms with Crippen molar-refractivity contribution >= 4 is 45.9 Å². The average molecular weight is 1020 g/mol. The Kier molecular flexibility index (Phi) is 11.0. The van der Waals surface area contributed by atoms with Crippen LogP contribution < -0.4 is 20.9 Å². The van der Waals surface area contributed by atoms with E-state index in [1.54, 1.807) is 11.1 Å². The maximum Gasteiger partial charge on any atom is 0.292 e. The molecule has 0 N–H and O–H groups in total. The molecule has 3 heterocycles. The molecule has 3 nitrogen and oxygen atoms in total. The number of anilines is 3. The highest BCUT2D eigenvalue weighted by Gasteiger charge is 2.54. The van der Waals surface area contributed by atoms with E-state index in [9.17, 15) is 0 Å². The largest absolute Gasteiger partial charge is 0.468 e. The zero-order valence-corrected chi connectivity index (χ0v) is 49.7. The van der Waals surface area contributed by atoms with Gasteiger partial charge in [0.25, 0.3) is 6.71 Å². The van der Waals surface area contributed by atoms with E-state index in [0.717, 1.165) is 30.5 Å². The van der Waals surface area contributed by atoms with Crippen molar-refractivity contribution in [1.29, 1.82) is 0 Å². The quantitative estimate of drug-likeness (QED) is 0.164. The van der Waals surface area contributed by atoms with E-state index in [2.05, 4.69) is 236 Å². The van der Waals surface area contributed by atoms with Crippen molar-refractivity contribution in [3.05, 3.63) is 171 Å². The molecular formula is C73H85BN2O. The van der Waals surface area contributed by atoms with Crippen LogP contribution >= 0.6 is 0 Å². The summed E-state index contributed by atoms with van der Waals surface area (Å²) in [5.41, 5.74) is 27.6. The van der Waals surface area contributed by atoms with Crippen LogP contribution in [0.5, 0.6) is 0 Å². The molecule has 2 aliphatic heterocycles. The van der Waals surface area contributed by atoms with Gasteiger partial charge >= 0.3 is 0 Å². The molecule has 5 aliphatic carbocycles. The number of benzene rings is 5. The first-order chi connectivity index (χ1) is 36.2. The number of furan rings is 1. The van der Waals surface area contributed by atoms with Gasteiger partial charge in [0.2, 0.25) is 0 Å². The minimum absolute atomic E-state index is 0.0146. The third-order valence-corrected chi connectivity index (χ3v) is 21.1. The first kappa shape index (κ1) is 50.7. The van der Waals surface area contributed by atoms with E-state index in [1.807, 2.05) is 0 Å². The van der Waals surface area contributed by atoms with Gasteiger partial charge in [0.05, 0.1) is 23.1 Å². The van der Waals surface area contributed by atoms with Gasteiger partial charge in [0.15, 0.2) is 0 Å². The summed E-state index contributed by atoms with van der Waals surface area (Å²) in [5, 5.41) is 1.29. The Bertz CT molecular complexity index is 3590. The summed E-state index contributed by atoms with van der Waals surface area (Å²) >= 11 is 0. The highest BCUT2D eigenvalue weighted by atomic mass is 16.3. The van der Waals surface area contributed by atoms with E-state index in [0.29, 0.717) is 0 Å². The molecule has 2 atom stereocenters. The predicted molar refractivity (Wildman–Crippen MR) is 329 cm³/mol. The Hall–Kier alpha value is -5.74. The van der Waals surface area contributed by atoms with Crippen LogP contribution in [0.4, 0.5) is 17.1 Å². The topological polar surface area (TPSA) is 19.6 Å². The van der Waals surface area contributed by atoms with Crippen LogP contribution in [-0.2, 0) is 27.1 Å². The van der Waals surface area contributed by atoms with E-state index >= 15 is 0 Å². The number of fused-ring (bicyclic) bond motifs is 8. The van der Waals surface area contributed by atoms with Gasteiger partial charge in [-0.05, 0) is 194 Å². The monoisotopic (exact) mass is 1020 g/mol. The molecule has 0 amide bonds. The van der Waals surface area contributed by atoms with E-state index in [4.69, 9.17) is 4.42 Å². The molecule has 5 aromatic carbocycles. The number of rotatable bonds is 4. The summed E-state index contributed by atoms with van der Waals surface area (Å²) in [5.74, 6) is 0. The summed E-state index contributed by atoms with van der Waals surface area (Å²) in [6.07, 6.45) is 16.9. The predicted octanol–water partition coefficient (Wildman–Crippen LogP) is 18.3. The first-order valence-corrected chi connectivity index (χ1v) is 29.7. The second kappa shape index (κ2) is 16.7. The van der Waals surface area contributed by atoms with Crippen molar-refractivity contribution in [2.75, 3.05) is 9.80 Å². The lowest BCUT2D eigenvalue weighted by atomic mass is 9.33. The molecule has 6 aromatic rings. The number of nitrogens with zero attached hydrogens (tertiary/aromatic N) is 2. The Labute approximate surface area is 463 Å². The van der Waals surface area contributed by atoms with Crippen LogP contribution in [0.3, 0.4) is 0 Å². The van der Waals surface area contributed by atoms with Gasteiger partial charge in [-0.25, -0.2) is 0 Å². The Morgan fingerprint density at radius 1 is 0.571 bits per heavy atom. The van der Waals surface area contributed by atoms with Gasteiger partial charge in [-0.3, -0.25) is 0 Å². The molecular weight excluding hydrogens is 932 g/mol.